The maximum atomic E-state index is 13.1. The molecule has 2 aromatic rings. The molecule has 2 aromatic carbocycles. The Labute approximate surface area is 199 Å². The number of likely N-dealkylation sites (tertiary alicyclic amines) is 1. The standard InChI is InChI=1S/C25H30ClN3O2S/c1-18-4-5-19(16-28-11-13-32-14-12-28)15-23(18)27-24(30)21-3-2-10-29(17-21)25(31)20-6-8-22(26)9-7-20/h4-9,15,21H,2-3,10-14,16-17H2,1H3,(H,27,30). The number of aryl methyl sites for hydroxylation is 1. The Balaban J connectivity index is 1.39. The Morgan fingerprint density at radius 2 is 1.84 bits per heavy atom. The van der Waals surface area contributed by atoms with Crippen molar-refractivity contribution in [2.45, 2.75) is 26.3 Å². The van der Waals surface area contributed by atoms with E-state index in [2.05, 4.69) is 28.4 Å². The molecule has 7 heteroatoms. The third-order valence-corrected chi connectivity index (χ3v) is 7.43. The first-order chi connectivity index (χ1) is 15.5. The van der Waals surface area contributed by atoms with Crippen LogP contribution in [0.5, 0.6) is 0 Å². The van der Waals surface area contributed by atoms with Crippen LogP contribution in [-0.2, 0) is 11.3 Å². The Morgan fingerprint density at radius 1 is 1.09 bits per heavy atom. The van der Waals surface area contributed by atoms with E-state index in [1.54, 1.807) is 29.2 Å². The molecule has 4 rings (SSSR count). The number of hydrogen-bond acceptors (Lipinski definition) is 4. The van der Waals surface area contributed by atoms with Gasteiger partial charge in [-0.05, 0) is 61.2 Å². The maximum absolute atomic E-state index is 13.1. The zero-order chi connectivity index (χ0) is 22.5. The zero-order valence-electron chi connectivity index (χ0n) is 18.5. The predicted molar refractivity (Wildman–Crippen MR) is 132 cm³/mol. The molecule has 1 atom stereocenters. The summed E-state index contributed by atoms with van der Waals surface area (Å²) in [5.74, 6) is 2.11. The number of carbonyl (C=O) groups is 2. The van der Waals surface area contributed by atoms with Gasteiger partial charge in [-0.15, -0.1) is 0 Å². The van der Waals surface area contributed by atoms with Gasteiger partial charge >= 0.3 is 0 Å². The number of nitrogens with zero attached hydrogens (tertiary/aromatic N) is 2. The van der Waals surface area contributed by atoms with E-state index in [0.717, 1.165) is 43.7 Å². The van der Waals surface area contributed by atoms with Crippen molar-refractivity contribution in [1.29, 1.82) is 0 Å². The first-order valence-electron chi connectivity index (χ1n) is 11.2. The average Bonchev–Trinajstić information content (AvgIpc) is 2.82. The van der Waals surface area contributed by atoms with Crippen molar-refractivity contribution in [2.24, 2.45) is 5.92 Å². The van der Waals surface area contributed by atoms with Crippen molar-refractivity contribution in [3.8, 4) is 0 Å². The van der Waals surface area contributed by atoms with Gasteiger partial charge in [-0.25, -0.2) is 0 Å². The van der Waals surface area contributed by atoms with Crippen LogP contribution in [0, 0.1) is 12.8 Å². The highest BCUT2D eigenvalue weighted by molar-refractivity contribution is 7.99. The van der Waals surface area contributed by atoms with Gasteiger partial charge in [0.05, 0.1) is 5.92 Å². The number of anilines is 1. The fraction of sp³-hybridized carbons (Fsp3) is 0.440. The molecule has 0 radical (unpaired) electrons. The number of amides is 2. The molecule has 2 heterocycles. The molecule has 2 fully saturated rings. The van der Waals surface area contributed by atoms with Crippen LogP contribution in [0.25, 0.3) is 0 Å². The molecule has 0 aromatic heterocycles. The SMILES string of the molecule is Cc1ccc(CN2CCSCC2)cc1NC(=O)C1CCCN(C(=O)c2ccc(Cl)cc2)C1. The number of carbonyl (C=O) groups excluding carboxylic acids is 2. The van der Waals surface area contributed by atoms with Crippen molar-refractivity contribution in [3.05, 3.63) is 64.2 Å². The topological polar surface area (TPSA) is 52.7 Å². The van der Waals surface area contributed by atoms with E-state index >= 15 is 0 Å². The minimum absolute atomic E-state index is 0.00627. The molecule has 2 aliphatic rings. The molecule has 0 aliphatic carbocycles. The second-order valence-corrected chi connectivity index (χ2v) is 10.3. The molecule has 32 heavy (non-hydrogen) atoms. The first kappa shape index (κ1) is 23.1. The summed E-state index contributed by atoms with van der Waals surface area (Å²) >= 11 is 7.95. The third-order valence-electron chi connectivity index (χ3n) is 6.24. The predicted octanol–water partition coefficient (Wildman–Crippen LogP) is 4.69. The molecule has 5 nitrogen and oxygen atoms in total. The monoisotopic (exact) mass is 471 g/mol. The Hall–Kier alpha value is -2.02. The summed E-state index contributed by atoms with van der Waals surface area (Å²) in [4.78, 5) is 30.2. The van der Waals surface area contributed by atoms with Gasteiger partial charge in [0.1, 0.15) is 0 Å². The van der Waals surface area contributed by atoms with E-state index in [1.807, 2.05) is 18.7 Å². The number of rotatable bonds is 5. The number of piperidine rings is 1. The lowest BCUT2D eigenvalue weighted by Gasteiger charge is -2.32. The molecule has 0 bridgehead atoms. The van der Waals surface area contributed by atoms with Crippen LogP contribution >= 0.6 is 23.4 Å². The van der Waals surface area contributed by atoms with Crippen molar-refractivity contribution in [3.63, 3.8) is 0 Å². The summed E-state index contributed by atoms with van der Waals surface area (Å²) in [6.45, 7) is 6.27. The van der Waals surface area contributed by atoms with Crippen molar-refractivity contribution in [1.82, 2.24) is 9.80 Å². The summed E-state index contributed by atoms with van der Waals surface area (Å²) in [6, 6.07) is 13.3. The van der Waals surface area contributed by atoms with Crippen LogP contribution in [0.4, 0.5) is 5.69 Å². The van der Waals surface area contributed by atoms with Crippen LogP contribution in [0.2, 0.25) is 5.02 Å². The summed E-state index contributed by atoms with van der Waals surface area (Å²) in [5, 5.41) is 3.75. The summed E-state index contributed by atoms with van der Waals surface area (Å²) < 4.78 is 0. The lowest BCUT2D eigenvalue weighted by atomic mass is 9.96. The minimum atomic E-state index is -0.206. The van der Waals surface area contributed by atoms with Gasteiger partial charge in [0.2, 0.25) is 5.91 Å². The van der Waals surface area contributed by atoms with E-state index in [0.29, 0.717) is 23.7 Å². The molecule has 170 valence electrons. The Bertz CT molecular complexity index is 960. The molecule has 1 unspecified atom stereocenters. The second kappa shape index (κ2) is 10.7. The van der Waals surface area contributed by atoms with Gasteiger partial charge < -0.3 is 10.2 Å². The lowest BCUT2D eigenvalue weighted by Crippen LogP contribution is -2.43. The van der Waals surface area contributed by atoms with Crippen LogP contribution in [0.15, 0.2) is 42.5 Å². The van der Waals surface area contributed by atoms with Gasteiger partial charge in [0, 0.05) is 60.5 Å². The van der Waals surface area contributed by atoms with Gasteiger partial charge in [0.25, 0.3) is 5.91 Å². The zero-order valence-corrected chi connectivity index (χ0v) is 20.1. The molecule has 0 spiro atoms. The highest BCUT2D eigenvalue weighted by Crippen LogP contribution is 2.24. The van der Waals surface area contributed by atoms with Crippen molar-refractivity contribution in [2.75, 3.05) is 43.0 Å². The number of halogens is 1. The molecule has 2 amide bonds. The van der Waals surface area contributed by atoms with Gasteiger partial charge in [0.15, 0.2) is 0 Å². The van der Waals surface area contributed by atoms with E-state index in [1.165, 1.54) is 17.1 Å². The minimum Gasteiger partial charge on any atom is -0.338 e. The van der Waals surface area contributed by atoms with Crippen LogP contribution < -0.4 is 5.32 Å². The van der Waals surface area contributed by atoms with E-state index in [4.69, 9.17) is 11.6 Å². The molecular weight excluding hydrogens is 442 g/mol. The van der Waals surface area contributed by atoms with E-state index < -0.39 is 0 Å². The normalized spacial score (nSPS) is 19.6. The highest BCUT2D eigenvalue weighted by Gasteiger charge is 2.29. The van der Waals surface area contributed by atoms with Crippen molar-refractivity contribution < 1.29 is 9.59 Å². The number of hydrogen-bond donors (Lipinski definition) is 1. The van der Waals surface area contributed by atoms with Crippen molar-refractivity contribution >= 4 is 40.9 Å². The molecule has 2 saturated heterocycles. The lowest BCUT2D eigenvalue weighted by molar-refractivity contribution is -0.121. The Morgan fingerprint density at radius 3 is 2.59 bits per heavy atom. The van der Waals surface area contributed by atoms with Crippen LogP contribution in [0.1, 0.15) is 34.3 Å². The summed E-state index contributed by atoms with van der Waals surface area (Å²) in [7, 11) is 0. The number of nitrogens with one attached hydrogen (secondary N) is 1. The second-order valence-electron chi connectivity index (χ2n) is 8.62. The smallest absolute Gasteiger partial charge is 0.253 e. The van der Waals surface area contributed by atoms with Gasteiger partial charge in [-0.3, -0.25) is 14.5 Å². The summed E-state index contributed by atoms with van der Waals surface area (Å²) in [5.41, 5.74) is 3.76. The molecule has 1 N–H and O–H groups in total. The largest absolute Gasteiger partial charge is 0.338 e. The van der Waals surface area contributed by atoms with Gasteiger partial charge in [-0.1, -0.05) is 23.7 Å². The molecule has 0 saturated carbocycles. The van der Waals surface area contributed by atoms with E-state index in [-0.39, 0.29) is 17.7 Å². The Kier molecular flexibility index (Phi) is 7.76. The fourth-order valence-corrected chi connectivity index (χ4v) is 5.41. The number of benzene rings is 2. The molecular formula is C25H30ClN3O2S. The maximum Gasteiger partial charge on any atom is 0.253 e. The average molecular weight is 472 g/mol. The summed E-state index contributed by atoms with van der Waals surface area (Å²) in [6.07, 6.45) is 1.61. The first-order valence-corrected chi connectivity index (χ1v) is 12.8. The highest BCUT2D eigenvalue weighted by atomic mass is 35.5. The third kappa shape index (κ3) is 5.85. The van der Waals surface area contributed by atoms with Crippen LogP contribution in [-0.4, -0.2) is 59.3 Å². The van der Waals surface area contributed by atoms with Gasteiger partial charge in [-0.2, -0.15) is 11.8 Å². The quantitative estimate of drug-likeness (QED) is 0.687. The number of thioether (sulfide) groups is 1. The van der Waals surface area contributed by atoms with Crippen LogP contribution in [0.3, 0.4) is 0 Å². The van der Waals surface area contributed by atoms with E-state index in [9.17, 15) is 9.59 Å². The molecule has 2 aliphatic heterocycles. The fourth-order valence-electron chi connectivity index (χ4n) is 4.31.